The summed E-state index contributed by atoms with van der Waals surface area (Å²) in [5, 5.41) is 2.97. The number of carbonyl (C=O) groups excluding carboxylic acids is 2. The van der Waals surface area contributed by atoms with Gasteiger partial charge >= 0.3 is 0 Å². The van der Waals surface area contributed by atoms with Crippen LogP contribution in [-0.2, 0) is 0 Å². The molecule has 0 bridgehead atoms. The minimum absolute atomic E-state index is 0.0552. The minimum Gasteiger partial charge on any atom is -0.388 e. The topological polar surface area (TPSA) is 49.4 Å². The molecule has 0 aliphatic carbocycles. The number of hydrogen-bond acceptors (Lipinski definition) is 3. The number of fused-ring (bicyclic) bond motifs is 1. The maximum Gasteiger partial charge on any atom is 0.261 e. The summed E-state index contributed by atoms with van der Waals surface area (Å²) in [5.41, 5.74) is 1.85. The standard InChI is InChI=1S/C13H16N2O2/c1-4-8(2)15-12(16)10-6-5-9(14-3)7-11(10)13(15)17/h5-8,14H,4H2,1-3H3. The van der Waals surface area contributed by atoms with Crippen LogP contribution in [0, 0.1) is 0 Å². The first-order chi connectivity index (χ1) is 8.10. The maximum atomic E-state index is 12.2. The lowest BCUT2D eigenvalue weighted by Crippen LogP contribution is -2.37. The second kappa shape index (κ2) is 4.20. The molecule has 1 unspecified atom stereocenters. The SMILES string of the molecule is CCC(C)N1C(=O)c2ccc(NC)cc2C1=O. The first-order valence-electron chi connectivity index (χ1n) is 5.79. The highest BCUT2D eigenvalue weighted by Crippen LogP contribution is 2.27. The minimum atomic E-state index is -0.184. The van der Waals surface area contributed by atoms with E-state index in [1.807, 2.05) is 19.9 Å². The molecule has 0 spiro atoms. The number of rotatable bonds is 3. The Kier molecular flexibility index (Phi) is 2.88. The molecule has 0 aromatic heterocycles. The van der Waals surface area contributed by atoms with Crippen LogP contribution < -0.4 is 5.32 Å². The average Bonchev–Trinajstić information content (AvgIpc) is 2.60. The van der Waals surface area contributed by atoms with E-state index in [-0.39, 0.29) is 17.9 Å². The van der Waals surface area contributed by atoms with Crippen LogP contribution in [0.1, 0.15) is 41.0 Å². The zero-order valence-electron chi connectivity index (χ0n) is 10.3. The summed E-state index contributed by atoms with van der Waals surface area (Å²) < 4.78 is 0. The van der Waals surface area contributed by atoms with Crippen molar-refractivity contribution < 1.29 is 9.59 Å². The van der Waals surface area contributed by atoms with Crippen molar-refractivity contribution in [3.63, 3.8) is 0 Å². The third-order valence-electron chi connectivity index (χ3n) is 3.24. The van der Waals surface area contributed by atoms with Crippen LogP contribution in [0.5, 0.6) is 0 Å². The summed E-state index contributed by atoms with van der Waals surface area (Å²) in [5.74, 6) is -0.363. The fourth-order valence-electron chi connectivity index (χ4n) is 2.00. The van der Waals surface area contributed by atoms with E-state index in [4.69, 9.17) is 0 Å². The molecule has 2 amide bonds. The Morgan fingerprint density at radius 3 is 2.47 bits per heavy atom. The Bertz CT molecular complexity index is 482. The van der Waals surface area contributed by atoms with Crippen LogP contribution in [0.4, 0.5) is 5.69 Å². The van der Waals surface area contributed by atoms with Crippen molar-refractivity contribution in [2.45, 2.75) is 26.3 Å². The van der Waals surface area contributed by atoms with E-state index in [2.05, 4.69) is 5.32 Å². The van der Waals surface area contributed by atoms with Gasteiger partial charge in [-0.1, -0.05) is 6.92 Å². The molecule has 1 aromatic carbocycles. The van der Waals surface area contributed by atoms with Gasteiger partial charge in [0.25, 0.3) is 11.8 Å². The summed E-state index contributed by atoms with van der Waals surface area (Å²) in [6.07, 6.45) is 0.768. The predicted molar refractivity (Wildman–Crippen MR) is 66.2 cm³/mol. The molecule has 1 heterocycles. The van der Waals surface area contributed by atoms with Gasteiger partial charge in [0.15, 0.2) is 0 Å². The van der Waals surface area contributed by atoms with Crippen molar-refractivity contribution in [3.05, 3.63) is 29.3 Å². The Balaban J connectivity index is 2.45. The Morgan fingerprint density at radius 1 is 1.24 bits per heavy atom. The number of amides is 2. The van der Waals surface area contributed by atoms with Crippen molar-refractivity contribution in [1.82, 2.24) is 4.90 Å². The summed E-state index contributed by atoms with van der Waals surface area (Å²) >= 11 is 0. The van der Waals surface area contributed by atoms with E-state index in [1.54, 1.807) is 19.2 Å². The maximum absolute atomic E-state index is 12.2. The number of anilines is 1. The highest BCUT2D eigenvalue weighted by atomic mass is 16.2. The lowest BCUT2D eigenvalue weighted by molar-refractivity contribution is 0.0593. The number of nitrogens with one attached hydrogen (secondary N) is 1. The number of carbonyl (C=O) groups is 2. The quantitative estimate of drug-likeness (QED) is 0.812. The van der Waals surface area contributed by atoms with Gasteiger partial charge in [-0.3, -0.25) is 14.5 Å². The fourth-order valence-corrected chi connectivity index (χ4v) is 2.00. The van der Waals surface area contributed by atoms with Gasteiger partial charge in [-0.25, -0.2) is 0 Å². The highest BCUT2D eigenvalue weighted by molar-refractivity contribution is 6.21. The van der Waals surface area contributed by atoms with Gasteiger partial charge in [-0.15, -0.1) is 0 Å². The van der Waals surface area contributed by atoms with Crippen molar-refractivity contribution in [3.8, 4) is 0 Å². The Hall–Kier alpha value is -1.84. The van der Waals surface area contributed by atoms with Crippen LogP contribution >= 0.6 is 0 Å². The van der Waals surface area contributed by atoms with Crippen molar-refractivity contribution in [2.75, 3.05) is 12.4 Å². The molecule has 17 heavy (non-hydrogen) atoms. The van der Waals surface area contributed by atoms with E-state index >= 15 is 0 Å². The average molecular weight is 232 g/mol. The molecule has 0 fully saturated rings. The first kappa shape index (κ1) is 11.6. The molecule has 1 atom stereocenters. The summed E-state index contributed by atoms with van der Waals surface area (Å²) in [4.78, 5) is 25.6. The van der Waals surface area contributed by atoms with Crippen LogP contribution in [0.15, 0.2) is 18.2 Å². The molecule has 1 aromatic rings. The van der Waals surface area contributed by atoms with Crippen LogP contribution in [-0.4, -0.2) is 29.8 Å². The van der Waals surface area contributed by atoms with Crippen molar-refractivity contribution in [1.29, 1.82) is 0 Å². The Morgan fingerprint density at radius 2 is 1.88 bits per heavy atom. The number of benzene rings is 1. The number of hydrogen-bond donors (Lipinski definition) is 1. The normalized spacial score (nSPS) is 16.1. The van der Waals surface area contributed by atoms with E-state index < -0.39 is 0 Å². The smallest absolute Gasteiger partial charge is 0.261 e. The lowest BCUT2D eigenvalue weighted by atomic mass is 10.1. The molecule has 1 aliphatic heterocycles. The molecule has 1 aliphatic rings. The summed E-state index contributed by atoms with van der Waals surface area (Å²) in [7, 11) is 1.79. The molecule has 0 radical (unpaired) electrons. The van der Waals surface area contributed by atoms with E-state index in [9.17, 15) is 9.59 Å². The van der Waals surface area contributed by atoms with Gasteiger partial charge in [0, 0.05) is 18.8 Å². The van der Waals surface area contributed by atoms with E-state index in [0.717, 1.165) is 12.1 Å². The van der Waals surface area contributed by atoms with Gasteiger partial charge in [0.05, 0.1) is 11.1 Å². The number of imide groups is 1. The van der Waals surface area contributed by atoms with Gasteiger partial charge in [-0.2, -0.15) is 0 Å². The van der Waals surface area contributed by atoms with Crippen LogP contribution in [0.3, 0.4) is 0 Å². The van der Waals surface area contributed by atoms with Gasteiger partial charge in [0.2, 0.25) is 0 Å². The van der Waals surface area contributed by atoms with Crippen LogP contribution in [0.2, 0.25) is 0 Å². The largest absolute Gasteiger partial charge is 0.388 e. The molecule has 1 N–H and O–H groups in total. The van der Waals surface area contributed by atoms with Gasteiger partial charge in [-0.05, 0) is 31.5 Å². The third-order valence-corrected chi connectivity index (χ3v) is 3.24. The molecular formula is C13H16N2O2. The van der Waals surface area contributed by atoms with Crippen molar-refractivity contribution >= 4 is 17.5 Å². The van der Waals surface area contributed by atoms with Crippen LogP contribution in [0.25, 0.3) is 0 Å². The zero-order valence-corrected chi connectivity index (χ0v) is 10.3. The third kappa shape index (κ3) is 1.69. The first-order valence-corrected chi connectivity index (χ1v) is 5.79. The molecule has 0 saturated heterocycles. The molecule has 2 rings (SSSR count). The molecule has 0 saturated carbocycles. The molecular weight excluding hydrogens is 216 g/mol. The molecule has 90 valence electrons. The van der Waals surface area contributed by atoms with E-state index in [0.29, 0.717) is 11.1 Å². The van der Waals surface area contributed by atoms with Crippen molar-refractivity contribution in [2.24, 2.45) is 0 Å². The molecule has 4 nitrogen and oxygen atoms in total. The summed E-state index contributed by atoms with van der Waals surface area (Å²) in [6.45, 7) is 3.86. The molecule has 4 heteroatoms. The monoisotopic (exact) mass is 232 g/mol. The van der Waals surface area contributed by atoms with Gasteiger partial charge in [0.1, 0.15) is 0 Å². The second-order valence-corrected chi connectivity index (χ2v) is 4.25. The number of nitrogens with zero attached hydrogens (tertiary/aromatic N) is 1. The zero-order chi connectivity index (χ0) is 12.6. The predicted octanol–water partition coefficient (Wildman–Crippen LogP) is 2.12. The van der Waals surface area contributed by atoms with Gasteiger partial charge < -0.3 is 5.32 Å². The fraction of sp³-hybridized carbons (Fsp3) is 0.385. The second-order valence-electron chi connectivity index (χ2n) is 4.25. The lowest BCUT2D eigenvalue weighted by Gasteiger charge is -2.20. The van der Waals surface area contributed by atoms with E-state index in [1.165, 1.54) is 4.90 Å². The Labute approximate surface area is 101 Å². The summed E-state index contributed by atoms with van der Waals surface area (Å²) in [6, 6.07) is 5.20. The highest BCUT2D eigenvalue weighted by Gasteiger charge is 2.37.